The van der Waals surface area contributed by atoms with Crippen molar-refractivity contribution in [2.45, 2.75) is 19.8 Å². The fourth-order valence-electron chi connectivity index (χ4n) is 2.12. The van der Waals surface area contributed by atoms with Crippen molar-refractivity contribution in [3.8, 4) is 11.5 Å². The molecule has 2 aromatic rings. The van der Waals surface area contributed by atoms with Gasteiger partial charge >= 0.3 is 0 Å². The number of nitrogens with one attached hydrogen (secondary N) is 1. The van der Waals surface area contributed by atoms with Gasteiger partial charge in [-0.2, -0.15) is 0 Å². The largest absolute Gasteiger partial charge is 0.421 e. The lowest BCUT2D eigenvalue weighted by Crippen LogP contribution is -2.12. The molecule has 0 unspecified atom stereocenters. The van der Waals surface area contributed by atoms with Gasteiger partial charge in [0.15, 0.2) is 0 Å². The van der Waals surface area contributed by atoms with Crippen molar-refractivity contribution >= 4 is 5.69 Å². The quantitative estimate of drug-likeness (QED) is 0.793. The van der Waals surface area contributed by atoms with Gasteiger partial charge in [-0.25, -0.2) is 0 Å². The Hall–Kier alpha value is -1.84. The lowest BCUT2D eigenvalue weighted by molar-refractivity contribution is 0.532. The van der Waals surface area contributed by atoms with Gasteiger partial charge in [-0.15, -0.1) is 10.2 Å². The van der Waals surface area contributed by atoms with E-state index in [0.29, 0.717) is 11.8 Å². The average Bonchev–Trinajstić information content (AvgIpc) is 2.75. The van der Waals surface area contributed by atoms with Crippen LogP contribution in [0, 0.1) is 6.92 Å². The zero-order valence-corrected chi connectivity index (χ0v) is 9.16. The van der Waals surface area contributed by atoms with Crippen molar-refractivity contribution in [2.24, 2.45) is 0 Å². The van der Waals surface area contributed by atoms with E-state index in [4.69, 9.17) is 4.42 Å². The third kappa shape index (κ3) is 1.46. The topological polar surface area (TPSA) is 51.0 Å². The Morgan fingerprint density at radius 1 is 1.31 bits per heavy atom. The van der Waals surface area contributed by atoms with E-state index in [2.05, 4.69) is 21.6 Å². The molecule has 4 heteroatoms. The van der Waals surface area contributed by atoms with Crippen LogP contribution in [0.3, 0.4) is 0 Å². The molecule has 0 spiro atoms. The summed E-state index contributed by atoms with van der Waals surface area (Å²) >= 11 is 0. The highest BCUT2D eigenvalue weighted by atomic mass is 16.4. The van der Waals surface area contributed by atoms with Gasteiger partial charge < -0.3 is 9.73 Å². The smallest absolute Gasteiger partial charge is 0.248 e. The molecule has 0 atom stereocenters. The van der Waals surface area contributed by atoms with Crippen LogP contribution < -0.4 is 5.32 Å². The minimum atomic E-state index is 0.608. The SMILES string of the molecule is Cc1nnc(-c2cccc3c2CCCN3)o1. The van der Waals surface area contributed by atoms with Gasteiger partial charge in [-0.1, -0.05) is 6.07 Å². The van der Waals surface area contributed by atoms with Crippen molar-refractivity contribution in [1.82, 2.24) is 10.2 Å². The van der Waals surface area contributed by atoms with Crippen molar-refractivity contribution in [1.29, 1.82) is 0 Å². The first-order chi connectivity index (χ1) is 7.84. The lowest BCUT2D eigenvalue weighted by atomic mass is 9.98. The summed E-state index contributed by atoms with van der Waals surface area (Å²) in [4.78, 5) is 0. The van der Waals surface area contributed by atoms with Gasteiger partial charge in [0.05, 0.1) is 0 Å². The molecule has 0 radical (unpaired) electrons. The van der Waals surface area contributed by atoms with Crippen LogP contribution in [0.1, 0.15) is 17.9 Å². The van der Waals surface area contributed by atoms with Crippen LogP contribution in [-0.2, 0) is 6.42 Å². The molecule has 0 saturated heterocycles. The minimum Gasteiger partial charge on any atom is -0.421 e. The Labute approximate surface area is 93.7 Å². The highest BCUT2D eigenvalue weighted by Crippen LogP contribution is 2.31. The summed E-state index contributed by atoms with van der Waals surface area (Å²) in [5.74, 6) is 1.23. The first-order valence-corrected chi connectivity index (χ1v) is 5.51. The summed E-state index contributed by atoms with van der Waals surface area (Å²) in [6.07, 6.45) is 2.22. The molecular formula is C12H13N3O. The number of nitrogens with zero attached hydrogens (tertiary/aromatic N) is 2. The number of anilines is 1. The molecule has 0 fully saturated rings. The maximum atomic E-state index is 5.49. The second-order valence-electron chi connectivity index (χ2n) is 3.99. The summed E-state index contributed by atoms with van der Waals surface area (Å²) in [6.45, 7) is 2.85. The van der Waals surface area contributed by atoms with Gasteiger partial charge in [-0.3, -0.25) is 0 Å². The maximum Gasteiger partial charge on any atom is 0.248 e. The Balaban J connectivity index is 2.13. The van der Waals surface area contributed by atoms with Crippen LogP contribution in [0.15, 0.2) is 22.6 Å². The van der Waals surface area contributed by atoms with E-state index in [1.807, 2.05) is 19.1 Å². The van der Waals surface area contributed by atoms with E-state index in [9.17, 15) is 0 Å². The third-order valence-electron chi connectivity index (χ3n) is 2.85. The van der Waals surface area contributed by atoms with Gasteiger partial charge in [0.2, 0.25) is 11.8 Å². The van der Waals surface area contributed by atoms with Crippen molar-refractivity contribution in [2.75, 3.05) is 11.9 Å². The van der Waals surface area contributed by atoms with E-state index in [1.165, 1.54) is 11.3 Å². The molecule has 1 aliphatic rings. The molecule has 3 rings (SSSR count). The van der Waals surface area contributed by atoms with Gasteiger partial charge in [0, 0.05) is 24.7 Å². The van der Waals surface area contributed by atoms with E-state index >= 15 is 0 Å². The first kappa shape index (κ1) is 9.39. The zero-order chi connectivity index (χ0) is 11.0. The summed E-state index contributed by atoms with van der Waals surface area (Å²) in [6, 6.07) is 6.16. The standard InChI is InChI=1S/C12H13N3O/c1-8-14-15-12(16-8)10-4-2-6-11-9(10)5-3-7-13-11/h2,4,6,13H,3,5,7H2,1H3. The minimum absolute atomic E-state index is 0.608. The number of hydrogen-bond acceptors (Lipinski definition) is 4. The predicted molar refractivity (Wildman–Crippen MR) is 61.3 cm³/mol. The number of benzene rings is 1. The van der Waals surface area contributed by atoms with E-state index < -0.39 is 0 Å². The summed E-state index contributed by atoms with van der Waals surface area (Å²) < 4.78 is 5.49. The van der Waals surface area contributed by atoms with Gasteiger partial charge in [0.1, 0.15) is 0 Å². The molecular weight excluding hydrogens is 202 g/mol. The number of aromatic nitrogens is 2. The number of hydrogen-bond donors (Lipinski definition) is 1. The van der Waals surface area contributed by atoms with Crippen LogP contribution in [0.2, 0.25) is 0 Å². The monoisotopic (exact) mass is 215 g/mol. The molecule has 4 nitrogen and oxygen atoms in total. The van der Waals surface area contributed by atoms with Crippen LogP contribution in [0.4, 0.5) is 5.69 Å². The molecule has 16 heavy (non-hydrogen) atoms. The molecule has 0 aliphatic carbocycles. The highest BCUT2D eigenvalue weighted by molar-refractivity contribution is 5.69. The highest BCUT2D eigenvalue weighted by Gasteiger charge is 2.16. The molecule has 1 aromatic heterocycles. The van der Waals surface area contributed by atoms with Crippen molar-refractivity contribution in [3.63, 3.8) is 0 Å². The van der Waals surface area contributed by atoms with Gasteiger partial charge in [-0.05, 0) is 30.5 Å². The number of aryl methyl sites for hydroxylation is 1. The summed E-state index contributed by atoms with van der Waals surface area (Å²) in [5, 5.41) is 11.3. The van der Waals surface area contributed by atoms with Crippen molar-refractivity contribution < 1.29 is 4.42 Å². The van der Waals surface area contributed by atoms with Crippen LogP contribution >= 0.6 is 0 Å². The van der Waals surface area contributed by atoms with E-state index in [-0.39, 0.29) is 0 Å². The second-order valence-corrected chi connectivity index (χ2v) is 3.99. The molecule has 0 amide bonds. The Morgan fingerprint density at radius 3 is 3.06 bits per heavy atom. The molecule has 0 saturated carbocycles. The fraction of sp³-hybridized carbons (Fsp3) is 0.333. The van der Waals surface area contributed by atoms with Crippen LogP contribution in [0.25, 0.3) is 11.5 Å². The Bertz CT molecular complexity index is 519. The van der Waals surface area contributed by atoms with Crippen molar-refractivity contribution in [3.05, 3.63) is 29.7 Å². The number of fused-ring (bicyclic) bond motifs is 1. The normalized spacial score (nSPS) is 14.3. The average molecular weight is 215 g/mol. The maximum absolute atomic E-state index is 5.49. The zero-order valence-electron chi connectivity index (χ0n) is 9.16. The summed E-state index contributed by atoms with van der Waals surface area (Å²) in [5.41, 5.74) is 3.54. The molecule has 1 aliphatic heterocycles. The van der Waals surface area contributed by atoms with E-state index in [1.54, 1.807) is 0 Å². The van der Waals surface area contributed by atoms with Crippen LogP contribution in [-0.4, -0.2) is 16.7 Å². The molecule has 82 valence electrons. The first-order valence-electron chi connectivity index (χ1n) is 5.51. The summed E-state index contributed by atoms with van der Waals surface area (Å²) in [7, 11) is 0. The molecule has 1 aromatic carbocycles. The molecule has 2 heterocycles. The third-order valence-corrected chi connectivity index (χ3v) is 2.85. The second kappa shape index (κ2) is 3.63. The Morgan fingerprint density at radius 2 is 2.25 bits per heavy atom. The fourth-order valence-corrected chi connectivity index (χ4v) is 2.12. The molecule has 0 bridgehead atoms. The Kier molecular flexibility index (Phi) is 2.13. The number of rotatable bonds is 1. The predicted octanol–water partition coefficient (Wildman–Crippen LogP) is 2.40. The van der Waals surface area contributed by atoms with E-state index in [0.717, 1.165) is 24.9 Å². The van der Waals surface area contributed by atoms with Crippen LogP contribution in [0.5, 0.6) is 0 Å². The van der Waals surface area contributed by atoms with Gasteiger partial charge in [0.25, 0.3) is 0 Å². The lowest BCUT2D eigenvalue weighted by Gasteiger charge is -2.19. The molecule has 1 N–H and O–H groups in total.